The van der Waals surface area contributed by atoms with Gasteiger partial charge in [0.2, 0.25) is 0 Å². The largest absolute Gasteiger partial charge is 0.417 e. The standard InChI is InChI=1S/C14H16F3N3O/c1-13(2,3)11-5-9(14(15,16)17)7-20(12(11)21)10-6-18-19(4)8-10/h5-8H,1-4H3. The highest BCUT2D eigenvalue weighted by Crippen LogP contribution is 2.31. The second-order valence-electron chi connectivity index (χ2n) is 5.94. The van der Waals surface area contributed by atoms with Crippen LogP contribution < -0.4 is 5.56 Å². The molecule has 4 nitrogen and oxygen atoms in total. The molecule has 0 amide bonds. The average Bonchev–Trinajstić information content (AvgIpc) is 2.72. The van der Waals surface area contributed by atoms with E-state index in [4.69, 9.17) is 0 Å². The van der Waals surface area contributed by atoms with Crippen molar-refractivity contribution < 1.29 is 13.2 Å². The summed E-state index contributed by atoms with van der Waals surface area (Å²) in [5, 5.41) is 3.89. The van der Waals surface area contributed by atoms with Gasteiger partial charge in [0.05, 0.1) is 17.4 Å². The number of rotatable bonds is 1. The zero-order valence-corrected chi connectivity index (χ0v) is 12.2. The Kier molecular flexibility index (Phi) is 3.47. The number of aromatic nitrogens is 3. The van der Waals surface area contributed by atoms with Crippen LogP contribution in [0.5, 0.6) is 0 Å². The fraction of sp³-hybridized carbons (Fsp3) is 0.429. The van der Waals surface area contributed by atoms with E-state index < -0.39 is 22.7 Å². The van der Waals surface area contributed by atoms with Crippen molar-refractivity contribution in [2.24, 2.45) is 7.05 Å². The third kappa shape index (κ3) is 3.01. The number of hydrogen-bond acceptors (Lipinski definition) is 2. The van der Waals surface area contributed by atoms with Gasteiger partial charge in [-0.15, -0.1) is 0 Å². The molecule has 0 aromatic carbocycles. The third-order valence-electron chi connectivity index (χ3n) is 3.12. The van der Waals surface area contributed by atoms with Crippen LogP contribution in [0, 0.1) is 0 Å². The molecule has 0 spiro atoms. The normalized spacial score (nSPS) is 12.7. The summed E-state index contributed by atoms with van der Waals surface area (Å²) in [6, 6.07) is 0.926. The number of halogens is 3. The van der Waals surface area contributed by atoms with Crippen molar-refractivity contribution in [2.45, 2.75) is 32.4 Å². The maximum Gasteiger partial charge on any atom is 0.417 e. The first-order chi connectivity index (χ1) is 9.50. The van der Waals surface area contributed by atoms with Crippen molar-refractivity contribution >= 4 is 0 Å². The topological polar surface area (TPSA) is 39.8 Å². The van der Waals surface area contributed by atoms with Crippen molar-refractivity contribution in [3.05, 3.63) is 46.1 Å². The summed E-state index contributed by atoms with van der Waals surface area (Å²) in [5.74, 6) is 0. The van der Waals surface area contributed by atoms with E-state index in [1.165, 1.54) is 17.1 Å². The zero-order chi connectivity index (χ0) is 16.0. The van der Waals surface area contributed by atoms with Gasteiger partial charge in [-0.2, -0.15) is 18.3 Å². The van der Waals surface area contributed by atoms with Gasteiger partial charge in [0.1, 0.15) is 0 Å². The van der Waals surface area contributed by atoms with Gasteiger partial charge in [0.15, 0.2) is 0 Å². The average molecular weight is 299 g/mol. The monoisotopic (exact) mass is 299 g/mol. The molecule has 2 aromatic heterocycles. The van der Waals surface area contributed by atoms with E-state index in [1.54, 1.807) is 27.8 Å². The molecule has 0 saturated carbocycles. The van der Waals surface area contributed by atoms with Gasteiger partial charge in [-0.25, -0.2) is 0 Å². The molecular weight excluding hydrogens is 283 g/mol. The minimum absolute atomic E-state index is 0.112. The quantitative estimate of drug-likeness (QED) is 0.812. The molecule has 2 rings (SSSR count). The Bertz CT molecular complexity index is 720. The number of pyridine rings is 1. The van der Waals surface area contributed by atoms with Gasteiger partial charge in [0, 0.05) is 25.0 Å². The fourth-order valence-corrected chi connectivity index (χ4v) is 2.00. The number of alkyl halides is 3. The molecule has 2 aromatic rings. The lowest BCUT2D eigenvalue weighted by Crippen LogP contribution is -2.31. The molecule has 2 heterocycles. The first kappa shape index (κ1) is 15.3. The smallest absolute Gasteiger partial charge is 0.280 e. The Morgan fingerprint density at radius 2 is 1.76 bits per heavy atom. The maximum atomic E-state index is 13.1. The minimum Gasteiger partial charge on any atom is -0.280 e. The molecule has 0 aliphatic carbocycles. The van der Waals surface area contributed by atoms with Crippen LogP contribution in [-0.4, -0.2) is 14.3 Å². The molecule has 0 unspecified atom stereocenters. The summed E-state index contributed by atoms with van der Waals surface area (Å²) >= 11 is 0. The predicted molar refractivity (Wildman–Crippen MR) is 72.5 cm³/mol. The van der Waals surface area contributed by atoms with Crippen LogP contribution in [-0.2, 0) is 18.6 Å². The van der Waals surface area contributed by atoms with Crippen LogP contribution in [0.2, 0.25) is 0 Å². The zero-order valence-electron chi connectivity index (χ0n) is 12.2. The van der Waals surface area contributed by atoms with E-state index >= 15 is 0 Å². The van der Waals surface area contributed by atoms with Gasteiger partial charge in [0.25, 0.3) is 5.56 Å². The van der Waals surface area contributed by atoms with E-state index in [-0.39, 0.29) is 5.56 Å². The van der Waals surface area contributed by atoms with Gasteiger partial charge in [-0.05, 0) is 11.5 Å². The SMILES string of the molecule is Cn1cc(-n2cc(C(F)(F)F)cc(C(C)(C)C)c2=O)cn1. The first-order valence-electron chi connectivity index (χ1n) is 6.33. The molecule has 7 heteroatoms. The lowest BCUT2D eigenvalue weighted by Gasteiger charge is -2.21. The number of nitrogens with zero attached hydrogens (tertiary/aromatic N) is 3. The second kappa shape index (κ2) is 4.75. The van der Waals surface area contributed by atoms with Crippen molar-refractivity contribution in [2.75, 3.05) is 0 Å². The molecule has 0 fully saturated rings. The van der Waals surface area contributed by atoms with Crippen molar-refractivity contribution in [1.29, 1.82) is 0 Å². The maximum absolute atomic E-state index is 13.1. The van der Waals surface area contributed by atoms with E-state index in [1.807, 2.05) is 0 Å². The van der Waals surface area contributed by atoms with Crippen LogP contribution in [0.4, 0.5) is 13.2 Å². The van der Waals surface area contributed by atoms with Gasteiger partial charge < -0.3 is 0 Å². The predicted octanol–water partition coefficient (Wildman–Crippen LogP) is 2.89. The summed E-state index contributed by atoms with van der Waals surface area (Å²) in [6.45, 7) is 5.12. The molecule has 114 valence electrons. The Labute approximate surface area is 119 Å². The van der Waals surface area contributed by atoms with Gasteiger partial charge >= 0.3 is 6.18 Å². The van der Waals surface area contributed by atoms with E-state index in [0.29, 0.717) is 5.69 Å². The molecule has 0 bridgehead atoms. The van der Waals surface area contributed by atoms with Crippen molar-refractivity contribution in [1.82, 2.24) is 14.3 Å². The van der Waals surface area contributed by atoms with Crippen molar-refractivity contribution in [3.63, 3.8) is 0 Å². The van der Waals surface area contributed by atoms with Crippen LogP contribution >= 0.6 is 0 Å². The van der Waals surface area contributed by atoms with E-state index in [9.17, 15) is 18.0 Å². The highest BCUT2D eigenvalue weighted by Gasteiger charge is 2.34. The molecule has 0 aliphatic rings. The van der Waals surface area contributed by atoms with E-state index in [0.717, 1.165) is 16.8 Å². The van der Waals surface area contributed by atoms with Crippen LogP contribution in [0.25, 0.3) is 5.69 Å². The van der Waals surface area contributed by atoms with Crippen LogP contribution in [0.1, 0.15) is 31.9 Å². The Hall–Kier alpha value is -2.05. The highest BCUT2D eigenvalue weighted by molar-refractivity contribution is 5.34. The molecule has 0 atom stereocenters. The fourth-order valence-electron chi connectivity index (χ4n) is 2.00. The number of hydrogen-bond donors (Lipinski definition) is 0. The Morgan fingerprint density at radius 3 is 2.19 bits per heavy atom. The lowest BCUT2D eigenvalue weighted by molar-refractivity contribution is -0.138. The molecule has 0 saturated heterocycles. The first-order valence-corrected chi connectivity index (χ1v) is 6.33. The lowest BCUT2D eigenvalue weighted by atomic mass is 9.87. The molecular formula is C14H16F3N3O. The van der Waals surface area contributed by atoms with Crippen LogP contribution in [0.15, 0.2) is 29.5 Å². The molecule has 0 radical (unpaired) electrons. The highest BCUT2D eigenvalue weighted by atomic mass is 19.4. The Morgan fingerprint density at radius 1 is 1.14 bits per heavy atom. The Balaban J connectivity index is 2.79. The summed E-state index contributed by atoms with van der Waals surface area (Å²) in [6.07, 6.45) is -0.853. The summed E-state index contributed by atoms with van der Waals surface area (Å²) in [4.78, 5) is 12.5. The number of aryl methyl sites for hydroxylation is 1. The summed E-state index contributed by atoms with van der Waals surface area (Å²) in [7, 11) is 1.63. The minimum atomic E-state index is -4.52. The summed E-state index contributed by atoms with van der Waals surface area (Å²) < 4.78 is 41.6. The van der Waals surface area contributed by atoms with Crippen LogP contribution in [0.3, 0.4) is 0 Å². The van der Waals surface area contributed by atoms with Crippen molar-refractivity contribution in [3.8, 4) is 5.69 Å². The van der Waals surface area contributed by atoms with Gasteiger partial charge in [-0.1, -0.05) is 20.8 Å². The summed E-state index contributed by atoms with van der Waals surface area (Å²) in [5.41, 5.74) is -1.60. The second-order valence-corrected chi connectivity index (χ2v) is 5.94. The molecule has 21 heavy (non-hydrogen) atoms. The van der Waals surface area contributed by atoms with Gasteiger partial charge in [-0.3, -0.25) is 14.0 Å². The molecule has 0 aliphatic heterocycles. The van der Waals surface area contributed by atoms with E-state index in [2.05, 4.69) is 5.10 Å². The third-order valence-corrected chi connectivity index (χ3v) is 3.12. The molecule has 0 N–H and O–H groups in total.